The summed E-state index contributed by atoms with van der Waals surface area (Å²) in [6.07, 6.45) is 4.02. The van der Waals surface area contributed by atoms with Gasteiger partial charge in [0.25, 0.3) is 5.91 Å². The number of hydrogen-bond donors (Lipinski definition) is 2. The molecule has 1 aliphatic rings. The minimum Gasteiger partial charge on any atom is -0.383 e. The quantitative estimate of drug-likeness (QED) is 0.802. The third kappa shape index (κ3) is 2.64. The van der Waals surface area contributed by atoms with Crippen LogP contribution in [0.1, 0.15) is 30.1 Å². The van der Waals surface area contributed by atoms with Gasteiger partial charge in [-0.05, 0) is 32.9 Å². The van der Waals surface area contributed by atoms with Crippen molar-refractivity contribution >= 4 is 11.7 Å². The maximum absolute atomic E-state index is 11.9. The van der Waals surface area contributed by atoms with Gasteiger partial charge in [-0.25, -0.2) is 0 Å². The lowest BCUT2D eigenvalue weighted by Crippen LogP contribution is -2.40. The molecule has 3 N–H and O–H groups in total. The van der Waals surface area contributed by atoms with Crippen LogP contribution in [0.15, 0.2) is 6.20 Å². The summed E-state index contributed by atoms with van der Waals surface area (Å²) in [5.74, 6) is 0.257. The van der Waals surface area contributed by atoms with Gasteiger partial charge in [0.05, 0.1) is 6.20 Å². The predicted molar refractivity (Wildman–Crippen MR) is 70.2 cm³/mol. The lowest BCUT2D eigenvalue weighted by atomic mass is 10.2. The Bertz CT molecular complexity index is 422. The van der Waals surface area contributed by atoms with Crippen molar-refractivity contribution in [3.63, 3.8) is 0 Å². The summed E-state index contributed by atoms with van der Waals surface area (Å²) in [6, 6.07) is 0.370. The number of nitrogens with zero attached hydrogens (tertiary/aromatic N) is 3. The fourth-order valence-electron chi connectivity index (χ4n) is 2.27. The van der Waals surface area contributed by atoms with Crippen LogP contribution in [-0.2, 0) is 7.05 Å². The molecule has 2 rings (SSSR count). The van der Waals surface area contributed by atoms with E-state index in [1.54, 1.807) is 7.05 Å². The maximum atomic E-state index is 11.9. The summed E-state index contributed by atoms with van der Waals surface area (Å²) < 4.78 is 1.50. The number of nitrogens with one attached hydrogen (secondary N) is 1. The molecular weight excluding hydrogens is 230 g/mol. The second kappa shape index (κ2) is 5.39. The summed E-state index contributed by atoms with van der Waals surface area (Å²) in [7, 11) is 1.72. The molecule has 1 aromatic heterocycles. The monoisotopic (exact) mass is 251 g/mol. The van der Waals surface area contributed by atoms with E-state index in [1.165, 1.54) is 23.7 Å². The Hall–Kier alpha value is -1.56. The van der Waals surface area contributed by atoms with Gasteiger partial charge in [0, 0.05) is 19.6 Å². The summed E-state index contributed by atoms with van der Waals surface area (Å²) in [5.41, 5.74) is 6.21. The molecular formula is C12H21N5O. The Morgan fingerprint density at radius 2 is 2.22 bits per heavy atom. The number of aromatic nitrogens is 2. The molecule has 0 radical (unpaired) electrons. The van der Waals surface area contributed by atoms with E-state index in [2.05, 4.69) is 22.2 Å². The Labute approximate surface area is 107 Å². The van der Waals surface area contributed by atoms with Gasteiger partial charge < -0.3 is 11.1 Å². The van der Waals surface area contributed by atoms with Crippen LogP contribution in [-0.4, -0.2) is 46.3 Å². The number of hydrogen-bond acceptors (Lipinski definition) is 4. The third-order valence-corrected chi connectivity index (χ3v) is 3.55. The summed E-state index contributed by atoms with van der Waals surface area (Å²) in [4.78, 5) is 14.3. The largest absolute Gasteiger partial charge is 0.383 e. The smallest absolute Gasteiger partial charge is 0.256 e. The van der Waals surface area contributed by atoms with Crippen LogP contribution in [0.3, 0.4) is 0 Å². The predicted octanol–water partition coefficient (Wildman–Crippen LogP) is 0.216. The summed E-state index contributed by atoms with van der Waals surface area (Å²) >= 11 is 0. The molecule has 2 heterocycles. The van der Waals surface area contributed by atoms with Gasteiger partial charge in [-0.2, -0.15) is 5.10 Å². The van der Waals surface area contributed by atoms with Crippen LogP contribution in [0.5, 0.6) is 0 Å². The van der Waals surface area contributed by atoms with Crippen LogP contribution in [0.2, 0.25) is 0 Å². The number of aryl methyl sites for hydroxylation is 1. The third-order valence-electron chi connectivity index (χ3n) is 3.55. The molecule has 1 amide bonds. The number of carbonyl (C=O) groups excluding carboxylic acids is 1. The van der Waals surface area contributed by atoms with Crippen molar-refractivity contribution in [3.8, 4) is 0 Å². The zero-order valence-electron chi connectivity index (χ0n) is 11.0. The fraction of sp³-hybridized carbons (Fsp3) is 0.667. The average Bonchev–Trinajstić information content (AvgIpc) is 2.98. The van der Waals surface area contributed by atoms with Gasteiger partial charge in [-0.15, -0.1) is 0 Å². The first-order valence-corrected chi connectivity index (χ1v) is 6.39. The molecule has 0 aromatic carbocycles. The minimum absolute atomic E-state index is 0.147. The minimum atomic E-state index is -0.147. The lowest BCUT2D eigenvalue weighted by molar-refractivity contribution is 0.0941. The molecule has 0 bridgehead atoms. The Morgan fingerprint density at radius 3 is 2.78 bits per heavy atom. The van der Waals surface area contributed by atoms with E-state index in [0.29, 0.717) is 24.0 Å². The number of carbonyl (C=O) groups is 1. The maximum Gasteiger partial charge on any atom is 0.256 e. The number of amides is 1. The van der Waals surface area contributed by atoms with Gasteiger partial charge in [0.2, 0.25) is 0 Å². The highest BCUT2D eigenvalue weighted by atomic mass is 16.1. The molecule has 1 fully saturated rings. The molecule has 0 saturated carbocycles. The average molecular weight is 251 g/mol. The first-order valence-electron chi connectivity index (χ1n) is 6.39. The van der Waals surface area contributed by atoms with Crippen molar-refractivity contribution in [2.24, 2.45) is 7.05 Å². The number of nitrogen functional groups attached to an aromatic ring is 1. The van der Waals surface area contributed by atoms with Crippen molar-refractivity contribution in [1.29, 1.82) is 0 Å². The van der Waals surface area contributed by atoms with E-state index >= 15 is 0 Å². The first kappa shape index (κ1) is 12.9. The molecule has 1 aromatic rings. The van der Waals surface area contributed by atoms with Crippen molar-refractivity contribution in [2.45, 2.75) is 25.8 Å². The highest BCUT2D eigenvalue weighted by Crippen LogP contribution is 2.12. The Balaban J connectivity index is 1.86. The number of anilines is 1. The lowest BCUT2D eigenvalue weighted by Gasteiger charge is -2.23. The van der Waals surface area contributed by atoms with Crippen LogP contribution >= 0.6 is 0 Å². The number of nitrogens with two attached hydrogens (primary N) is 1. The highest BCUT2D eigenvalue weighted by molar-refractivity contribution is 5.98. The van der Waals surface area contributed by atoms with Gasteiger partial charge in [-0.1, -0.05) is 0 Å². The van der Waals surface area contributed by atoms with Crippen molar-refractivity contribution in [3.05, 3.63) is 11.8 Å². The Kier molecular flexibility index (Phi) is 3.86. The normalized spacial score (nSPS) is 17.9. The molecule has 0 spiro atoms. The second-order valence-corrected chi connectivity index (χ2v) is 4.87. The molecule has 100 valence electrons. The molecule has 1 unspecified atom stereocenters. The van der Waals surface area contributed by atoms with Gasteiger partial charge in [-0.3, -0.25) is 14.4 Å². The molecule has 6 heteroatoms. The van der Waals surface area contributed by atoms with Gasteiger partial charge in [0.15, 0.2) is 0 Å². The number of rotatable bonds is 4. The van der Waals surface area contributed by atoms with E-state index in [0.717, 1.165) is 13.1 Å². The van der Waals surface area contributed by atoms with Gasteiger partial charge in [0.1, 0.15) is 11.4 Å². The summed E-state index contributed by atoms with van der Waals surface area (Å²) in [6.45, 7) is 5.05. The zero-order chi connectivity index (χ0) is 13.1. The number of likely N-dealkylation sites (tertiary alicyclic amines) is 1. The molecule has 0 aliphatic carbocycles. The Morgan fingerprint density at radius 1 is 1.56 bits per heavy atom. The second-order valence-electron chi connectivity index (χ2n) is 4.87. The molecule has 6 nitrogen and oxygen atoms in total. The first-order chi connectivity index (χ1) is 8.59. The molecule has 1 atom stereocenters. The van der Waals surface area contributed by atoms with Crippen LogP contribution in [0.4, 0.5) is 5.82 Å². The van der Waals surface area contributed by atoms with Crippen LogP contribution in [0, 0.1) is 0 Å². The zero-order valence-corrected chi connectivity index (χ0v) is 11.0. The van der Waals surface area contributed by atoms with Crippen LogP contribution < -0.4 is 11.1 Å². The molecule has 1 saturated heterocycles. The molecule has 1 aliphatic heterocycles. The topological polar surface area (TPSA) is 76.2 Å². The van der Waals surface area contributed by atoms with E-state index in [-0.39, 0.29) is 5.91 Å². The van der Waals surface area contributed by atoms with Gasteiger partial charge >= 0.3 is 0 Å². The summed E-state index contributed by atoms with van der Waals surface area (Å²) in [5, 5.41) is 6.88. The standard InChI is InChI=1S/C12H21N5O/c1-9(17-5-3-4-6-17)7-14-12(18)10-8-15-16(2)11(10)13/h8-9H,3-7,13H2,1-2H3,(H,14,18). The fourth-order valence-corrected chi connectivity index (χ4v) is 2.27. The van der Waals surface area contributed by atoms with E-state index in [9.17, 15) is 4.79 Å². The SMILES string of the molecule is CC(CNC(=O)c1cnn(C)c1N)N1CCCC1. The highest BCUT2D eigenvalue weighted by Gasteiger charge is 2.19. The molecule has 18 heavy (non-hydrogen) atoms. The van der Waals surface area contributed by atoms with Crippen molar-refractivity contribution in [1.82, 2.24) is 20.0 Å². The van der Waals surface area contributed by atoms with E-state index < -0.39 is 0 Å². The van der Waals surface area contributed by atoms with E-state index in [4.69, 9.17) is 5.73 Å². The van der Waals surface area contributed by atoms with E-state index in [1.807, 2.05) is 0 Å². The van der Waals surface area contributed by atoms with Crippen molar-refractivity contribution in [2.75, 3.05) is 25.4 Å². The van der Waals surface area contributed by atoms with Crippen LogP contribution in [0.25, 0.3) is 0 Å². The van der Waals surface area contributed by atoms with Crippen molar-refractivity contribution < 1.29 is 4.79 Å².